The average Bonchev–Trinajstić information content (AvgIpc) is 2.78. The smallest absolute Gasteiger partial charge is 0.338 e. The maximum atomic E-state index is 14.6. The van der Waals surface area contributed by atoms with Crippen LogP contribution in [0.5, 0.6) is 0 Å². The Balaban J connectivity index is 1.90. The Morgan fingerprint density at radius 1 is 1.19 bits per heavy atom. The zero-order valence-corrected chi connectivity index (χ0v) is 18.7. The molecule has 1 aromatic carbocycles. The van der Waals surface area contributed by atoms with Crippen LogP contribution < -0.4 is 10.6 Å². The number of carbonyl (C=O) groups is 3. The molecule has 0 aliphatic carbocycles. The lowest BCUT2D eigenvalue weighted by atomic mass is 9.94. The highest BCUT2D eigenvalue weighted by Crippen LogP contribution is 2.32. The maximum absolute atomic E-state index is 14.6. The van der Waals surface area contributed by atoms with Crippen LogP contribution in [0.3, 0.4) is 0 Å². The molecule has 1 saturated heterocycles. The van der Waals surface area contributed by atoms with E-state index in [9.17, 15) is 18.8 Å². The maximum Gasteiger partial charge on any atom is 0.338 e. The molecule has 2 aliphatic rings. The molecule has 0 unspecified atom stereocenters. The van der Waals surface area contributed by atoms with E-state index in [-0.39, 0.29) is 23.8 Å². The second kappa shape index (κ2) is 10.4. The fourth-order valence-corrected chi connectivity index (χ4v) is 3.92. The van der Waals surface area contributed by atoms with E-state index in [2.05, 4.69) is 15.5 Å². The van der Waals surface area contributed by atoms with Crippen molar-refractivity contribution in [3.8, 4) is 0 Å². The van der Waals surface area contributed by atoms with Crippen molar-refractivity contribution in [3.63, 3.8) is 0 Å². The number of benzene rings is 1. The highest BCUT2D eigenvalue weighted by molar-refractivity contribution is 5.95. The number of hydrogen-bond acceptors (Lipinski definition) is 5. The number of piperazine rings is 1. The van der Waals surface area contributed by atoms with Crippen LogP contribution in [-0.4, -0.2) is 85.7 Å². The second-order valence-corrected chi connectivity index (χ2v) is 7.64. The predicted molar refractivity (Wildman–Crippen MR) is 116 cm³/mol. The van der Waals surface area contributed by atoms with Crippen molar-refractivity contribution in [3.05, 3.63) is 46.9 Å². The van der Waals surface area contributed by atoms with Gasteiger partial charge in [-0.25, -0.2) is 18.8 Å². The third-order valence-electron chi connectivity index (χ3n) is 5.65. The van der Waals surface area contributed by atoms with Crippen LogP contribution in [0.2, 0.25) is 0 Å². The lowest BCUT2D eigenvalue weighted by Gasteiger charge is -2.39. The number of nitrogens with one attached hydrogen (secondary N) is 2. The summed E-state index contributed by atoms with van der Waals surface area (Å²) in [6.07, 6.45) is 0. The van der Waals surface area contributed by atoms with Gasteiger partial charge in [-0.05, 0) is 19.9 Å². The molecular formula is C22H30FN5O4. The van der Waals surface area contributed by atoms with Crippen LogP contribution in [0.4, 0.5) is 14.0 Å². The third-order valence-corrected chi connectivity index (χ3v) is 5.65. The molecule has 2 N–H and O–H groups in total. The number of amides is 4. The Kier molecular flexibility index (Phi) is 7.68. The van der Waals surface area contributed by atoms with Gasteiger partial charge in [0.2, 0.25) is 0 Å². The van der Waals surface area contributed by atoms with E-state index in [0.29, 0.717) is 45.0 Å². The molecular weight excluding hydrogens is 417 g/mol. The summed E-state index contributed by atoms with van der Waals surface area (Å²) in [5, 5.41) is 5.52. The molecule has 0 radical (unpaired) electrons. The van der Waals surface area contributed by atoms with Gasteiger partial charge in [0.15, 0.2) is 0 Å². The molecule has 2 heterocycles. The van der Waals surface area contributed by atoms with E-state index in [1.165, 1.54) is 11.0 Å². The van der Waals surface area contributed by atoms with E-state index in [0.717, 1.165) is 0 Å². The molecule has 0 bridgehead atoms. The van der Waals surface area contributed by atoms with Gasteiger partial charge < -0.3 is 20.3 Å². The molecule has 10 heteroatoms. The first kappa shape index (κ1) is 23.5. The Labute approximate surface area is 187 Å². The zero-order valence-electron chi connectivity index (χ0n) is 18.7. The number of nitrogens with zero attached hydrogens (tertiary/aromatic N) is 3. The minimum atomic E-state index is -0.953. The first-order chi connectivity index (χ1) is 15.4. The van der Waals surface area contributed by atoms with Crippen molar-refractivity contribution in [2.75, 3.05) is 52.9 Å². The van der Waals surface area contributed by atoms with Crippen LogP contribution in [0.15, 0.2) is 35.5 Å². The summed E-state index contributed by atoms with van der Waals surface area (Å²) >= 11 is 0. The van der Waals surface area contributed by atoms with Gasteiger partial charge >= 0.3 is 18.0 Å². The Morgan fingerprint density at radius 3 is 2.50 bits per heavy atom. The molecule has 174 valence electrons. The van der Waals surface area contributed by atoms with Gasteiger partial charge in [-0.2, -0.15) is 0 Å². The van der Waals surface area contributed by atoms with Crippen molar-refractivity contribution < 1.29 is 23.5 Å². The van der Waals surface area contributed by atoms with Crippen molar-refractivity contribution in [2.45, 2.75) is 19.9 Å². The molecule has 4 amide bonds. The molecule has 32 heavy (non-hydrogen) atoms. The molecule has 1 aromatic rings. The molecule has 0 spiro atoms. The second-order valence-electron chi connectivity index (χ2n) is 7.64. The number of halogens is 1. The number of hydrogen-bond donors (Lipinski definition) is 2. The van der Waals surface area contributed by atoms with Gasteiger partial charge in [-0.3, -0.25) is 9.80 Å². The summed E-state index contributed by atoms with van der Waals surface area (Å²) < 4.78 is 19.9. The van der Waals surface area contributed by atoms with Crippen molar-refractivity contribution >= 4 is 18.0 Å². The summed E-state index contributed by atoms with van der Waals surface area (Å²) in [6.45, 7) is 6.80. The van der Waals surface area contributed by atoms with E-state index >= 15 is 0 Å². The van der Waals surface area contributed by atoms with Gasteiger partial charge in [0.05, 0.1) is 18.2 Å². The van der Waals surface area contributed by atoms with Crippen LogP contribution in [0, 0.1) is 5.82 Å². The van der Waals surface area contributed by atoms with E-state index < -0.39 is 23.9 Å². The van der Waals surface area contributed by atoms with Crippen LogP contribution in [0.1, 0.15) is 25.5 Å². The van der Waals surface area contributed by atoms with Gasteiger partial charge in [0, 0.05) is 57.6 Å². The number of esters is 1. The van der Waals surface area contributed by atoms with E-state index in [1.807, 2.05) is 6.92 Å². The van der Waals surface area contributed by atoms with Gasteiger partial charge in [0.25, 0.3) is 0 Å². The van der Waals surface area contributed by atoms with E-state index in [4.69, 9.17) is 4.74 Å². The number of likely N-dealkylation sites (N-methyl/N-ethyl adjacent to an activating group) is 1. The van der Waals surface area contributed by atoms with Crippen LogP contribution in [-0.2, 0) is 9.53 Å². The Morgan fingerprint density at radius 2 is 1.88 bits per heavy atom. The quantitative estimate of drug-likeness (QED) is 0.648. The summed E-state index contributed by atoms with van der Waals surface area (Å²) in [7, 11) is 1.58. The zero-order chi connectivity index (χ0) is 23.3. The monoisotopic (exact) mass is 447 g/mol. The summed E-state index contributed by atoms with van der Waals surface area (Å²) in [5.41, 5.74) is 0.882. The van der Waals surface area contributed by atoms with Crippen LogP contribution >= 0.6 is 0 Å². The number of urea groups is 2. The number of rotatable bonds is 6. The molecule has 3 rings (SSSR count). The molecule has 1 fully saturated rings. The van der Waals surface area contributed by atoms with Gasteiger partial charge in [-0.15, -0.1) is 0 Å². The Bertz CT molecular complexity index is 898. The minimum absolute atomic E-state index is 0.104. The molecule has 0 aromatic heterocycles. The number of carbonyl (C=O) groups excluding carboxylic acids is 3. The lowest BCUT2D eigenvalue weighted by molar-refractivity contribution is -0.139. The molecule has 2 aliphatic heterocycles. The number of ether oxygens (including phenoxy) is 1. The fraction of sp³-hybridized carbons (Fsp3) is 0.500. The SMILES string of the molecule is CCNC(=O)N1CCN(CC2=C(C(=O)OCC)[C@H](c3ccccc3F)NC(=O)N2C)CC1. The summed E-state index contributed by atoms with van der Waals surface area (Å²) in [6, 6.07) is 4.57. The average molecular weight is 448 g/mol. The molecule has 9 nitrogen and oxygen atoms in total. The molecule has 1 atom stereocenters. The lowest BCUT2D eigenvalue weighted by Crippen LogP contribution is -2.54. The molecule has 0 saturated carbocycles. The minimum Gasteiger partial charge on any atom is -0.463 e. The largest absolute Gasteiger partial charge is 0.463 e. The highest BCUT2D eigenvalue weighted by atomic mass is 19.1. The van der Waals surface area contributed by atoms with Gasteiger partial charge in [0.1, 0.15) is 5.82 Å². The predicted octanol–water partition coefficient (Wildman–Crippen LogP) is 1.69. The first-order valence-electron chi connectivity index (χ1n) is 10.8. The third kappa shape index (κ3) is 5.01. The Hall–Kier alpha value is -3.14. The van der Waals surface area contributed by atoms with Gasteiger partial charge in [-0.1, -0.05) is 18.2 Å². The first-order valence-corrected chi connectivity index (χ1v) is 10.8. The topological polar surface area (TPSA) is 94.2 Å². The van der Waals surface area contributed by atoms with Crippen molar-refractivity contribution in [1.29, 1.82) is 0 Å². The van der Waals surface area contributed by atoms with Crippen molar-refractivity contribution in [1.82, 2.24) is 25.3 Å². The summed E-state index contributed by atoms with van der Waals surface area (Å²) in [4.78, 5) is 42.9. The standard InChI is InChI=1S/C22H30FN5O4/c1-4-24-21(30)28-12-10-27(11-13-28)14-17-18(20(29)32-5-2)19(25-22(31)26(17)3)15-8-6-7-9-16(15)23/h6-9,19H,4-5,10-14H2,1-3H3,(H,24,30)(H,25,31)/t19-/m0/s1. The fourth-order valence-electron chi connectivity index (χ4n) is 3.92. The van der Waals surface area contributed by atoms with Crippen LogP contribution in [0.25, 0.3) is 0 Å². The summed E-state index contributed by atoms with van der Waals surface area (Å²) in [5.74, 6) is -1.11. The highest BCUT2D eigenvalue weighted by Gasteiger charge is 2.38. The normalized spacial score (nSPS) is 19.6. The van der Waals surface area contributed by atoms with Crippen molar-refractivity contribution in [2.24, 2.45) is 0 Å². The van der Waals surface area contributed by atoms with E-state index in [1.54, 1.807) is 37.1 Å².